The summed E-state index contributed by atoms with van der Waals surface area (Å²) in [5, 5.41) is 5.80. The quantitative estimate of drug-likeness (QED) is 0.587. The Bertz CT molecular complexity index is 1040. The predicted octanol–water partition coefficient (Wildman–Crippen LogP) is 3.58. The third-order valence-electron chi connectivity index (χ3n) is 3.81. The summed E-state index contributed by atoms with van der Waals surface area (Å²) < 4.78 is 5.67. The first kappa shape index (κ1) is 15.8. The number of fused-ring (bicyclic) bond motifs is 1. The molecular formula is C19H15N5O2. The maximum Gasteiger partial charge on any atom is 0.256 e. The van der Waals surface area contributed by atoms with Gasteiger partial charge >= 0.3 is 0 Å². The molecule has 4 rings (SSSR count). The third kappa shape index (κ3) is 3.10. The van der Waals surface area contributed by atoms with Crippen molar-refractivity contribution >= 4 is 28.6 Å². The van der Waals surface area contributed by atoms with Crippen LogP contribution in [0.1, 0.15) is 10.4 Å². The van der Waals surface area contributed by atoms with E-state index in [0.717, 1.165) is 5.69 Å². The fourth-order valence-corrected chi connectivity index (χ4v) is 2.48. The van der Waals surface area contributed by atoms with Crippen LogP contribution in [-0.2, 0) is 0 Å². The van der Waals surface area contributed by atoms with Crippen LogP contribution in [0.3, 0.4) is 0 Å². The summed E-state index contributed by atoms with van der Waals surface area (Å²) in [6.07, 6.45) is 1.65. The van der Waals surface area contributed by atoms with Gasteiger partial charge in [-0.05, 0) is 48.5 Å². The molecule has 0 saturated heterocycles. The van der Waals surface area contributed by atoms with Crippen molar-refractivity contribution in [1.29, 1.82) is 0 Å². The molecule has 7 heteroatoms. The van der Waals surface area contributed by atoms with Crippen molar-refractivity contribution in [2.45, 2.75) is 0 Å². The van der Waals surface area contributed by atoms with E-state index in [1.165, 1.54) is 0 Å². The predicted molar refractivity (Wildman–Crippen MR) is 99.0 cm³/mol. The molecule has 26 heavy (non-hydrogen) atoms. The number of aromatic nitrogens is 3. The Morgan fingerprint density at radius 3 is 2.62 bits per heavy atom. The number of anilines is 2. The van der Waals surface area contributed by atoms with E-state index in [4.69, 9.17) is 4.42 Å². The SMILES string of the molecule is CNc1ccc(C(=O)Nc2cccc(-c3nc4ncccc4o3)n2)cc1. The van der Waals surface area contributed by atoms with Gasteiger partial charge in [0.1, 0.15) is 11.5 Å². The maximum absolute atomic E-state index is 12.4. The number of nitrogens with zero attached hydrogens (tertiary/aromatic N) is 3. The van der Waals surface area contributed by atoms with Crippen molar-refractivity contribution in [2.75, 3.05) is 17.7 Å². The average molecular weight is 345 g/mol. The normalized spacial score (nSPS) is 10.7. The first-order valence-corrected chi connectivity index (χ1v) is 8.01. The van der Waals surface area contributed by atoms with Crippen molar-refractivity contribution in [1.82, 2.24) is 15.0 Å². The minimum absolute atomic E-state index is 0.239. The number of hydrogen-bond acceptors (Lipinski definition) is 6. The summed E-state index contributed by atoms with van der Waals surface area (Å²) in [6.45, 7) is 0. The van der Waals surface area contributed by atoms with Gasteiger partial charge in [-0.1, -0.05) is 6.07 Å². The Labute approximate surface area is 149 Å². The number of nitrogens with one attached hydrogen (secondary N) is 2. The number of carbonyl (C=O) groups is 1. The van der Waals surface area contributed by atoms with Crippen LogP contribution in [0.2, 0.25) is 0 Å². The number of hydrogen-bond donors (Lipinski definition) is 2. The van der Waals surface area contributed by atoms with Crippen LogP contribution in [-0.4, -0.2) is 27.9 Å². The molecule has 0 radical (unpaired) electrons. The van der Waals surface area contributed by atoms with Crippen molar-refractivity contribution < 1.29 is 9.21 Å². The Balaban J connectivity index is 1.57. The lowest BCUT2D eigenvalue weighted by atomic mass is 10.2. The zero-order chi connectivity index (χ0) is 17.9. The standard InChI is InChI=1S/C19H15N5O2/c1-20-13-9-7-12(8-10-13)18(25)23-16-6-2-4-14(22-16)19-24-17-15(26-19)5-3-11-21-17/h2-11,20H,1H3,(H,22,23,25). The van der Waals surface area contributed by atoms with Crippen molar-refractivity contribution in [3.8, 4) is 11.6 Å². The van der Waals surface area contributed by atoms with Crippen LogP contribution in [0, 0.1) is 0 Å². The summed E-state index contributed by atoms with van der Waals surface area (Å²) in [4.78, 5) is 25.3. The van der Waals surface area contributed by atoms with Gasteiger partial charge in [0, 0.05) is 24.5 Å². The van der Waals surface area contributed by atoms with Gasteiger partial charge in [0.15, 0.2) is 11.2 Å². The van der Waals surface area contributed by atoms with Gasteiger partial charge in [-0.25, -0.2) is 9.97 Å². The minimum atomic E-state index is -0.239. The Morgan fingerprint density at radius 2 is 1.85 bits per heavy atom. The van der Waals surface area contributed by atoms with Crippen LogP contribution in [0.25, 0.3) is 22.8 Å². The Kier molecular flexibility index (Phi) is 4.03. The molecule has 0 aliphatic heterocycles. The molecule has 0 unspecified atom stereocenters. The van der Waals surface area contributed by atoms with Gasteiger partial charge in [-0.3, -0.25) is 4.79 Å². The molecule has 0 bridgehead atoms. The molecule has 3 heterocycles. The molecule has 0 spiro atoms. The first-order valence-electron chi connectivity index (χ1n) is 8.01. The highest BCUT2D eigenvalue weighted by atomic mass is 16.3. The molecule has 0 atom stereocenters. The van der Waals surface area contributed by atoms with Crippen molar-refractivity contribution in [2.24, 2.45) is 0 Å². The first-order chi connectivity index (χ1) is 12.7. The number of oxazole rings is 1. The second kappa shape index (κ2) is 6.64. The van der Waals surface area contributed by atoms with E-state index in [1.807, 2.05) is 19.2 Å². The lowest BCUT2D eigenvalue weighted by Gasteiger charge is -2.06. The molecule has 0 saturated carbocycles. The topological polar surface area (TPSA) is 92.9 Å². The number of pyridine rings is 2. The molecule has 0 aliphatic rings. The smallest absolute Gasteiger partial charge is 0.256 e. The lowest BCUT2D eigenvalue weighted by Crippen LogP contribution is -2.13. The van der Waals surface area contributed by atoms with E-state index in [2.05, 4.69) is 25.6 Å². The monoisotopic (exact) mass is 345 g/mol. The molecule has 1 aromatic carbocycles. The summed E-state index contributed by atoms with van der Waals surface area (Å²) in [5.41, 5.74) is 3.10. The summed E-state index contributed by atoms with van der Waals surface area (Å²) >= 11 is 0. The molecule has 7 nitrogen and oxygen atoms in total. The molecule has 0 fully saturated rings. The van der Waals surface area contributed by atoms with Gasteiger partial charge in [-0.2, -0.15) is 4.98 Å². The van der Waals surface area contributed by atoms with E-state index >= 15 is 0 Å². The second-order valence-electron chi connectivity index (χ2n) is 5.53. The Hall–Kier alpha value is -3.74. The lowest BCUT2D eigenvalue weighted by molar-refractivity contribution is 0.102. The summed E-state index contributed by atoms with van der Waals surface area (Å²) in [6, 6.07) is 16.0. The molecule has 0 aliphatic carbocycles. The van der Waals surface area contributed by atoms with Crippen molar-refractivity contribution in [3.05, 3.63) is 66.4 Å². The number of carbonyl (C=O) groups excluding carboxylic acids is 1. The zero-order valence-electron chi connectivity index (χ0n) is 13.9. The highest BCUT2D eigenvalue weighted by molar-refractivity contribution is 6.04. The van der Waals surface area contributed by atoms with Gasteiger partial charge in [0.2, 0.25) is 5.89 Å². The number of amides is 1. The zero-order valence-corrected chi connectivity index (χ0v) is 13.9. The van der Waals surface area contributed by atoms with Crippen LogP contribution in [0.15, 0.2) is 65.2 Å². The van der Waals surface area contributed by atoms with E-state index < -0.39 is 0 Å². The number of benzene rings is 1. The Morgan fingerprint density at radius 1 is 1.00 bits per heavy atom. The highest BCUT2D eigenvalue weighted by Gasteiger charge is 2.12. The molecule has 2 N–H and O–H groups in total. The fourth-order valence-electron chi connectivity index (χ4n) is 2.48. The summed E-state index contributed by atoms with van der Waals surface area (Å²) in [7, 11) is 1.83. The second-order valence-corrected chi connectivity index (χ2v) is 5.53. The molecule has 1 amide bonds. The van der Waals surface area contributed by atoms with Crippen LogP contribution < -0.4 is 10.6 Å². The van der Waals surface area contributed by atoms with Gasteiger partial charge in [0.25, 0.3) is 5.91 Å². The number of rotatable bonds is 4. The minimum Gasteiger partial charge on any atom is -0.433 e. The van der Waals surface area contributed by atoms with Gasteiger partial charge in [-0.15, -0.1) is 0 Å². The maximum atomic E-state index is 12.4. The molecular weight excluding hydrogens is 330 g/mol. The third-order valence-corrected chi connectivity index (χ3v) is 3.81. The largest absolute Gasteiger partial charge is 0.433 e. The highest BCUT2D eigenvalue weighted by Crippen LogP contribution is 2.22. The summed E-state index contributed by atoms with van der Waals surface area (Å²) in [5.74, 6) is 0.533. The van der Waals surface area contributed by atoms with Crippen molar-refractivity contribution in [3.63, 3.8) is 0 Å². The van der Waals surface area contributed by atoms with E-state index in [1.54, 1.807) is 48.7 Å². The van der Waals surface area contributed by atoms with Crippen LogP contribution in [0.5, 0.6) is 0 Å². The van der Waals surface area contributed by atoms with Crippen LogP contribution >= 0.6 is 0 Å². The van der Waals surface area contributed by atoms with Crippen LogP contribution in [0.4, 0.5) is 11.5 Å². The average Bonchev–Trinajstić information content (AvgIpc) is 3.12. The van der Waals surface area contributed by atoms with E-state index in [-0.39, 0.29) is 5.91 Å². The molecule has 4 aromatic rings. The fraction of sp³-hybridized carbons (Fsp3) is 0.0526. The molecule has 3 aromatic heterocycles. The van der Waals surface area contributed by atoms with E-state index in [9.17, 15) is 4.79 Å². The van der Waals surface area contributed by atoms with Gasteiger partial charge < -0.3 is 15.1 Å². The molecule has 128 valence electrons. The van der Waals surface area contributed by atoms with E-state index in [0.29, 0.717) is 34.2 Å². The van der Waals surface area contributed by atoms with Gasteiger partial charge in [0.05, 0.1) is 0 Å².